The Labute approximate surface area is 82.1 Å². The fraction of sp³-hybridized carbons (Fsp3) is 0.667. The Morgan fingerprint density at radius 2 is 2.23 bits per heavy atom. The van der Waals surface area contributed by atoms with E-state index in [2.05, 4.69) is 37.5 Å². The summed E-state index contributed by atoms with van der Waals surface area (Å²) < 4.78 is 0. The second kappa shape index (κ2) is 4.61. The highest BCUT2D eigenvalue weighted by atomic mass is 15.2. The normalized spacial score (nSPS) is 30.1. The van der Waals surface area contributed by atoms with Crippen molar-refractivity contribution in [2.75, 3.05) is 13.1 Å². The third kappa shape index (κ3) is 3.35. The molecule has 1 aliphatic heterocycles. The van der Waals surface area contributed by atoms with E-state index in [0.29, 0.717) is 0 Å². The van der Waals surface area contributed by atoms with Crippen LogP contribution in [-0.4, -0.2) is 24.0 Å². The Hall–Kier alpha value is -0.560. The van der Waals surface area contributed by atoms with Crippen molar-refractivity contribution < 1.29 is 0 Å². The quantitative estimate of drug-likeness (QED) is 0.602. The predicted molar refractivity (Wildman–Crippen MR) is 58.8 cm³/mol. The maximum absolute atomic E-state index is 3.85. The van der Waals surface area contributed by atoms with Crippen LogP contribution in [0.15, 0.2) is 24.3 Å². The van der Waals surface area contributed by atoms with Crippen LogP contribution in [0.4, 0.5) is 0 Å². The number of hydrogen-bond donors (Lipinski definition) is 0. The minimum absolute atomic E-state index is 0.754. The predicted octanol–water partition coefficient (Wildman–Crippen LogP) is 2.85. The molecule has 1 rings (SSSR count). The summed E-state index contributed by atoms with van der Waals surface area (Å²) in [4.78, 5) is 2.53. The molecule has 1 nitrogen and oxygen atoms in total. The van der Waals surface area contributed by atoms with E-state index in [9.17, 15) is 0 Å². The molecule has 13 heavy (non-hydrogen) atoms. The monoisotopic (exact) mass is 179 g/mol. The maximum Gasteiger partial charge on any atom is 0.0169 e. The average molecular weight is 179 g/mol. The SMILES string of the molecule is C=C(C)C=CCN1CC(C)CC1C. The highest BCUT2D eigenvalue weighted by Crippen LogP contribution is 2.21. The van der Waals surface area contributed by atoms with Gasteiger partial charge in [0.05, 0.1) is 0 Å². The molecule has 0 aromatic rings. The Morgan fingerprint density at radius 1 is 1.54 bits per heavy atom. The summed E-state index contributed by atoms with van der Waals surface area (Å²) in [6.07, 6.45) is 5.67. The van der Waals surface area contributed by atoms with Crippen LogP contribution in [0, 0.1) is 5.92 Å². The van der Waals surface area contributed by atoms with Gasteiger partial charge in [0.2, 0.25) is 0 Å². The molecular weight excluding hydrogens is 158 g/mol. The van der Waals surface area contributed by atoms with Gasteiger partial charge >= 0.3 is 0 Å². The number of rotatable bonds is 3. The smallest absolute Gasteiger partial charge is 0.0169 e. The standard InChI is InChI=1S/C12H21N/c1-10(2)6-5-7-13-9-11(3)8-12(13)4/h5-6,11-12H,1,7-9H2,2-4H3. The van der Waals surface area contributed by atoms with E-state index < -0.39 is 0 Å². The lowest BCUT2D eigenvalue weighted by atomic mass is 10.1. The van der Waals surface area contributed by atoms with Gasteiger partial charge in [0.15, 0.2) is 0 Å². The largest absolute Gasteiger partial charge is 0.297 e. The van der Waals surface area contributed by atoms with Gasteiger partial charge in [-0.25, -0.2) is 0 Å². The first-order valence-corrected chi connectivity index (χ1v) is 5.15. The molecular formula is C12H21N. The van der Waals surface area contributed by atoms with Crippen LogP contribution in [0.1, 0.15) is 27.2 Å². The first-order chi connectivity index (χ1) is 6.09. The second-order valence-electron chi connectivity index (χ2n) is 4.39. The van der Waals surface area contributed by atoms with Gasteiger partial charge in [-0.15, -0.1) is 0 Å². The molecule has 0 aromatic heterocycles. The molecule has 1 heteroatoms. The molecule has 0 bridgehead atoms. The highest BCUT2D eigenvalue weighted by molar-refractivity contribution is 5.11. The zero-order valence-corrected chi connectivity index (χ0v) is 9.09. The van der Waals surface area contributed by atoms with E-state index in [1.54, 1.807) is 0 Å². The van der Waals surface area contributed by atoms with E-state index in [-0.39, 0.29) is 0 Å². The summed E-state index contributed by atoms with van der Waals surface area (Å²) in [5.41, 5.74) is 1.14. The van der Waals surface area contributed by atoms with Gasteiger partial charge in [-0.1, -0.05) is 31.2 Å². The van der Waals surface area contributed by atoms with Crippen LogP contribution in [-0.2, 0) is 0 Å². The number of nitrogens with zero attached hydrogens (tertiary/aromatic N) is 1. The van der Waals surface area contributed by atoms with Gasteiger partial charge in [-0.3, -0.25) is 4.90 Å². The lowest BCUT2D eigenvalue weighted by Crippen LogP contribution is -2.27. The third-order valence-electron chi connectivity index (χ3n) is 2.66. The van der Waals surface area contributed by atoms with Crippen LogP contribution in [0.2, 0.25) is 0 Å². The number of likely N-dealkylation sites (tertiary alicyclic amines) is 1. The van der Waals surface area contributed by atoms with Crippen molar-refractivity contribution in [3.8, 4) is 0 Å². The van der Waals surface area contributed by atoms with E-state index in [1.807, 2.05) is 6.92 Å². The van der Waals surface area contributed by atoms with Gasteiger partial charge in [0, 0.05) is 19.1 Å². The van der Waals surface area contributed by atoms with Gasteiger partial charge in [-0.2, -0.15) is 0 Å². The van der Waals surface area contributed by atoms with Gasteiger partial charge in [0.25, 0.3) is 0 Å². The van der Waals surface area contributed by atoms with Crippen LogP contribution < -0.4 is 0 Å². The Morgan fingerprint density at radius 3 is 2.69 bits per heavy atom. The molecule has 1 aliphatic rings. The van der Waals surface area contributed by atoms with Gasteiger partial charge in [-0.05, 0) is 26.2 Å². The van der Waals surface area contributed by atoms with Crippen molar-refractivity contribution in [1.82, 2.24) is 4.90 Å². The molecule has 2 atom stereocenters. The Balaban J connectivity index is 2.33. The van der Waals surface area contributed by atoms with Crippen LogP contribution in [0.3, 0.4) is 0 Å². The molecule has 0 aromatic carbocycles. The molecule has 1 fully saturated rings. The molecule has 0 radical (unpaired) electrons. The summed E-state index contributed by atoms with van der Waals surface area (Å²) in [5, 5.41) is 0. The number of hydrogen-bond acceptors (Lipinski definition) is 1. The summed E-state index contributed by atoms with van der Waals surface area (Å²) in [6.45, 7) is 12.9. The van der Waals surface area contributed by atoms with Gasteiger partial charge < -0.3 is 0 Å². The average Bonchev–Trinajstić information content (AvgIpc) is 2.29. The molecule has 0 saturated carbocycles. The molecule has 1 saturated heterocycles. The first-order valence-electron chi connectivity index (χ1n) is 5.15. The molecule has 2 unspecified atom stereocenters. The molecule has 0 aliphatic carbocycles. The second-order valence-corrected chi connectivity index (χ2v) is 4.39. The molecule has 0 N–H and O–H groups in total. The van der Waals surface area contributed by atoms with Crippen LogP contribution in [0.25, 0.3) is 0 Å². The summed E-state index contributed by atoms with van der Waals surface area (Å²) >= 11 is 0. The lowest BCUT2D eigenvalue weighted by Gasteiger charge is -2.18. The third-order valence-corrected chi connectivity index (χ3v) is 2.66. The van der Waals surface area contributed by atoms with E-state index >= 15 is 0 Å². The highest BCUT2D eigenvalue weighted by Gasteiger charge is 2.24. The fourth-order valence-corrected chi connectivity index (χ4v) is 2.03. The van der Waals surface area contributed by atoms with Gasteiger partial charge in [0.1, 0.15) is 0 Å². The van der Waals surface area contributed by atoms with Crippen LogP contribution in [0.5, 0.6) is 0 Å². The first kappa shape index (κ1) is 10.5. The molecule has 0 spiro atoms. The van der Waals surface area contributed by atoms with E-state index in [0.717, 1.165) is 24.1 Å². The van der Waals surface area contributed by atoms with Crippen molar-refractivity contribution in [2.45, 2.75) is 33.2 Å². The molecule has 1 heterocycles. The lowest BCUT2D eigenvalue weighted by molar-refractivity contribution is 0.294. The Kier molecular flexibility index (Phi) is 3.73. The minimum Gasteiger partial charge on any atom is -0.297 e. The topological polar surface area (TPSA) is 3.24 Å². The van der Waals surface area contributed by atoms with Crippen molar-refractivity contribution in [2.24, 2.45) is 5.92 Å². The minimum atomic E-state index is 0.754. The summed E-state index contributed by atoms with van der Waals surface area (Å²) in [6, 6.07) is 0.754. The van der Waals surface area contributed by atoms with Crippen molar-refractivity contribution in [3.63, 3.8) is 0 Å². The van der Waals surface area contributed by atoms with Crippen molar-refractivity contribution in [1.29, 1.82) is 0 Å². The number of allylic oxidation sites excluding steroid dienone is 2. The fourth-order valence-electron chi connectivity index (χ4n) is 2.03. The van der Waals surface area contributed by atoms with E-state index in [4.69, 9.17) is 0 Å². The zero-order chi connectivity index (χ0) is 9.84. The van der Waals surface area contributed by atoms with E-state index in [1.165, 1.54) is 13.0 Å². The maximum atomic E-state index is 3.85. The van der Waals surface area contributed by atoms with Crippen molar-refractivity contribution >= 4 is 0 Å². The summed E-state index contributed by atoms with van der Waals surface area (Å²) in [7, 11) is 0. The van der Waals surface area contributed by atoms with Crippen LogP contribution >= 0.6 is 0 Å². The molecule has 0 amide bonds. The molecule has 74 valence electrons. The Bertz CT molecular complexity index is 205. The zero-order valence-electron chi connectivity index (χ0n) is 9.09. The van der Waals surface area contributed by atoms with Crippen molar-refractivity contribution in [3.05, 3.63) is 24.3 Å². The summed E-state index contributed by atoms with van der Waals surface area (Å²) in [5.74, 6) is 0.869.